The highest BCUT2D eigenvalue weighted by atomic mass is 16.5. The minimum absolute atomic E-state index is 0.0673. The minimum atomic E-state index is -0.196. The van der Waals surface area contributed by atoms with Crippen LogP contribution >= 0.6 is 0 Å². The summed E-state index contributed by atoms with van der Waals surface area (Å²) >= 11 is 0. The largest absolute Gasteiger partial charge is 0.459 e. The lowest BCUT2D eigenvalue weighted by Crippen LogP contribution is -2.23. The van der Waals surface area contributed by atoms with Crippen molar-refractivity contribution >= 4 is 5.97 Å². The maximum Gasteiger partial charge on any atom is 0.338 e. The number of rotatable bonds is 3. The second kappa shape index (κ2) is 6.57. The van der Waals surface area contributed by atoms with Crippen molar-refractivity contribution in [1.29, 1.82) is 0 Å². The van der Waals surface area contributed by atoms with Crippen LogP contribution in [0.1, 0.15) is 47.5 Å². The van der Waals surface area contributed by atoms with Gasteiger partial charge in [0.25, 0.3) is 0 Å². The van der Waals surface area contributed by atoms with Crippen LogP contribution in [0.25, 0.3) is 0 Å². The molecule has 0 atom stereocenters. The summed E-state index contributed by atoms with van der Waals surface area (Å²) < 4.78 is 5.62. The zero-order chi connectivity index (χ0) is 14.5. The standard InChI is InChI=1S/C19H20O2/c20-19(17-9-5-2-6-10-17)21-18-13-11-16(12-14-18)15-7-3-1-4-8-15/h1-10,16,18H,11-14H2. The summed E-state index contributed by atoms with van der Waals surface area (Å²) in [5.74, 6) is 0.414. The molecule has 1 aliphatic carbocycles. The fourth-order valence-corrected chi connectivity index (χ4v) is 3.03. The molecule has 1 saturated carbocycles. The van der Waals surface area contributed by atoms with Crippen LogP contribution in [0.15, 0.2) is 60.7 Å². The number of carbonyl (C=O) groups is 1. The molecule has 0 aromatic heterocycles. The van der Waals surface area contributed by atoms with Gasteiger partial charge in [0.2, 0.25) is 0 Å². The molecule has 2 aromatic rings. The molecule has 2 aromatic carbocycles. The molecular weight excluding hydrogens is 260 g/mol. The van der Waals surface area contributed by atoms with Gasteiger partial charge in [-0.15, -0.1) is 0 Å². The SMILES string of the molecule is O=C(OC1CCC(c2ccccc2)CC1)c1ccccc1. The summed E-state index contributed by atoms with van der Waals surface area (Å²) in [5.41, 5.74) is 2.05. The third-order valence-corrected chi connectivity index (χ3v) is 4.23. The van der Waals surface area contributed by atoms with E-state index in [1.54, 1.807) is 12.1 Å². The number of ether oxygens (including phenoxy) is 1. The van der Waals surface area contributed by atoms with Crippen molar-refractivity contribution in [2.24, 2.45) is 0 Å². The van der Waals surface area contributed by atoms with E-state index in [1.165, 1.54) is 5.56 Å². The Kier molecular flexibility index (Phi) is 4.34. The predicted molar refractivity (Wildman–Crippen MR) is 83.3 cm³/mol. The third kappa shape index (κ3) is 3.52. The zero-order valence-electron chi connectivity index (χ0n) is 12.1. The van der Waals surface area contributed by atoms with E-state index in [4.69, 9.17) is 4.74 Å². The van der Waals surface area contributed by atoms with Gasteiger partial charge >= 0.3 is 5.97 Å². The van der Waals surface area contributed by atoms with Gasteiger partial charge in [-0.3, -0.25) is 0 Å². The molecule has 0 N–H and O–H groups in total. The summed E-state index contributed by atoms with van der Waals surface area (Å²) in [5, 5.41) is 0. The Morgan fingerprint density at radius 2 is 1.38 bits per heavy atom. The second-order valence-corrected chi connectivity index (χ2v) is 5.66. The molecule has 0 aliphatic heterocycles. The number of hydrogen-bond donors (Lipinski definition) is 0. The highest BCUT2D eigenvalue weighted by Gasteiger charge is 2.25. The molecule has 2 nitrogen and oxygen atoms in total. The maximum atomic E-state index is 12.0. The van der Waals surface area contributed by atoms with Crippen LogP contribution in [0, 0.1) is 0 Å². The van der Waals surface area contributed by atoms with Gasteiger partial charge in [-0.2, -0.15) is 0 Å². The van der Waals surface area contributed by atoms with E-state index < -0.39 is 0 Å². The second-order valence-electron chi connectivity index (χ2n) is 5.66. The van der Waals surface area contributed by atoms with Crippen LogP contribution in [-0.2, 0) is 4.74 Å². The van der Waals surface area contributed by atoms with Crippen molar-refractivity contribution in [3.63, 3.8) is 0 Å². The molecular formula is C19H20O2. The van der Waals surface area contributed by atoms with Crippen molar-refractivity contribution in [2.45, 2.75) is 37.7 Å². The maximum absolute atomic E-state index is 12.0. The highest BCUT2D eigenvalue weighted by molar-refractivity contribution is 5.89. The van der Waals surface area contributed by atoms with Crippen LogP contribution in [0.3, 0.4) is 0 Å². The lowest BCUT2D eigenvalue weighted by Gasteiger charge is -2.28. The monoisotopic (exact) mass is 280 g/mol. The summed E-state index contributed by atoms with van der Waals surface area (Å²) in [4.78, 5) is 12.0. The van der Waals surface area contributed by atoms with E-state index in [0.29, 0.717) is 11.5 Å². The van der Waals surface area contributed by atoms with Gasteiger partial charge in [-0.05, 0) is 49.3 Å². The van der Waals surface area contributed by atoms with Gasteiger partial charge in [0, 0.05) is 0 Å². The number of esters is 1. The van der Waals surface area contributed by atoms with Gasteiger partial charge in [-0.1, -0.05) is 48.5 Å². The number of benzene rings is 2. The van der Waals surface area contributed by atoms with Crippen LogP contribution in [-0.4, -0.2) is 12.1 Å². The van der Waals surface area contributed by atoms with Gasteiger partial charge < -0.3 is 4.74 Å². The molecule has 0 radical (unpaired) electrons. The van der Waals surface area contributed by atoms with Crippen LogP contribution < -0.4 is 0 Å². The average Bonchev–Trinajstić information content (AvgIpc) is 2.57. The van der Waals surface area contributed by atoms with Crippen LogP contribution in [0.5, 0.6) is 0 Å². The lowest BCUT2D eigenvalue weighted by atomic mass is 9.83. The smallest absolute Gasteiger partial charge is 0.338 e. The molecule has 2 heteroatoms. The van der Waals surface area contributed by atoms with Crippen molar-refractivity contribution in [3.8, 4) is 0 Å². The van der Waals surface area contributed by atoms with Crippen LogP contribution in [0.2, 0.25) is 0 Å². The molecule has 21 heavy (non-hydrogen) atoms. The Bertz CT molecular complexity index is 569. The molecule has 0 amide bonds. The summed E-state index contributed by atoms with van der Waals surface area (Å²) in [7, 11) is 0. The van der Waals surface area contributed by atoms with Gasteiger partial charge in [0.05, 0.1) is 5.56 Å². The van der Waals surface area contributed by atoms with E-state index in [9.17, 15) is 4.79 Å². The zero-order valence-corrected chi connectivity index (χ0v) is 12.1. The Labute approximate surface area is 125 Å². The van der Waals surface area contributed by atoms with Crippen molar-refractivity contribution in [2.75, 3.05) is 0 Å². The molecule has 3 rings (SSSR count). The molecule has 0 heterocycles. The molecule has 108 valence electrons. The van der Waals surface area contributed by atoms with Crippen molar-refractivity contribution in [3.05, 3.63) is 71.8 Å². The average molecular weight is 280 g/mol. The third-order valence-electron chi connectivity index (χ3n) is 4.23. The fourth-order valence-electron chi connectivity index (χ4n) is 3.03. The van der Waals surface area contributed by atoms with E-state index >= 15 is 0 Å². The van der Waals surface area contributed by atoms with Crippen LogP contribution in [0.4, 0.5) is 0 Å². The molecule has 0 saturated heterocycles. The molecule has 0 bridgehead atoms. The Hall–Kier alpha value is -2.09. The fraction of sp³-hybridized carbons (Fsp3) is 0.316. The van der Waals surface area contributed by atoms with E-state index in [-0.39, 0.29) is 12.1 Å². The topological polar surface area (TPSA) is 26.3 Å². The first-order valence-corrected chi connectivity index (χ1v) is 7.64. The normalized spacial score (nSPS) is 21.7. The summed E-state index contributed by atoms with van der Waals surface area (Å²) in [6.45, 7) is 0. The Morgan fingerprint density at radius 3 is 2.00 bits per heavy atom. The first kappa shape index (κ1) is 13.9. The molecule has 1 aliphatic rings. The van der Waals surface area contributed by atoms with Crippen molar-refractivity contribution in [1.82, 2.24) is 0 Å². The highest BCUT2D eigenvalue weighted by Crippen LogP contribution is 2.34. The Morgan fingerprint density at radius 1 is 0.810 bits per heavy atom. The quantitative estimate of drug-likeness (QED) is 0.770. The molecule has 1 fully saturated rings. The minimum Gasteiger partial charge on any atom is -0.459 e. The summed E-state index contributed by atoms with van der Waals surface area (Å²) in [6.07, 6.45) is 4.17. The Balaban J connectivity index is 1.53. The first-order valence-electron chi connectivity index (χ1n) is 7.64. The molecule has 0 spiro atoms. The van der Waals surface area contributed by atoms with Crippen molar-refractivity contribution < 1.29 is 9.53 Å². The van der Waals surface area contributed by atoms with Gasteiger partial charge in [-0.25, -0.2) is 4.79 Å². The first-order chi connectivity index (χ1) is 10.3. The number of carbonyl (C=O) groups excluding carboxylic acids is 1. The summed E-state index contributed by atoms with van der Waals surface area (Å²) in [6, 6.07) is 19.9. The van der Waals surface area contributed by atoms with E-state index in [1.807, 2.05) is 18.2 Å². The van der Waals surface area contributed by atoms with E-state index in [2.05, 4.69) is 30.3 Å². The number of hydrogen-bond acceptors (Lipinski definition) is 2. The molecule has 0 unspecified atom stereocenters. The van der Waals surface area contributed by atoms with Gasteiger partial charge in [0.1, 0.15) is 6.10 Å². The van der Waals surface area contributed by atoms with E-state index in [0.717, 1.165) is 25.7 Å². The predicted octanol–water partition coefficient (Wildman–Crippen LogP) is 4.57. The lowest BCUT2D eigenvalue weighted by molar-refractivity contribution is 0.0195. The van der Waals surface area contributed by atoms with Gasteiger partial charge in [0.15, 0.2) is 0 Å².